The number of benzene rings is 2. The summed E-state index contributed by atoms with van der Waals surface area (Å²) in [5.74, 6) is 1.54. The van der Waals surface area contributed by atoms with Gasteiger partial charge < -0.3 is 34.8 Å². The van der Waals surface area contributed by atoms with E-state index >= 15 is 0 Å². The van der Waals surface area contributed by atoms with E-state index in [-0.39, 0.29) is 6.61 Å². The fourth-order valence-corrected chi connectivity index (χ4v) is 6.99. The van der Waals surface area contributed by atoms with Gasteiger partial charge in [0.15, 0.2) is 5.82 Å². The number of hydrogen-bond donors (Lipinski definition) is 3. The number of nitrogens with zero attached hydrogens (tertiary/aromatic N) is 5. The van der Waals surface area contributed by atoms with E-state index in [0.717, 1.165) is 74.5 Å². The van der Waals surface area contributed by atoms with E-state index in [2.05, 4.69) is 48.4 Å². The third-order valence-electron chi connectivity index (χ3n) is 8.12. The van der Waals surface area contributed by atoms with Crippen LogP contribution in [-0.4, -0.2) is 104 Å². The number of halogens is 1. The van der Waals surface area contributed by atoms with E-state index in [1.54, 1.807) is 13.3 Å². The monoisotopic (exact) mass is 627 g/mol. The Kier molecular flexibility index (Phi) is 10.5. The van der Waals surface area contributed by atoms with Crippen molar-refractivity contribution in [3.63, 3.8) is 0 Å². The van der Waals surface area contributed by atoms with E-state index in [1.807, 2.05) is 36.4 Å². The molecule has 3 aromatic rings. The van der Waals surface area contributed by atoms with Gasteiger partial charge in [-0.3, -0.25) is 4.90 Å². The van der Waals surface area contributed by atoms with E-state index in [9.17, 15) is 9.67 Å². The van der Waals surface area contributed by atoms with Crippen LogP contribution in [0.15, 0.2) is 48.7 Å². The molecule has 1 aromatic heterocycles. The van der Waals surface area contributed by atoms with Gasteiger partial charge in [0.1, 0.15) is 17.9 Å². The normalized spacial score (nSPS) is 17.2. The molecule has 5 rings (SSSR count). The number of piperidine rings is 1. The predicted molar refractivity (Wildman–Crippen MR) is 177 cm³/mol. The minimum absolute atomic E-state index is 0.0761. The van der Waals surface area contributed by atoms with E-state index < -0.39 is 7.14 Å². The van der Waals surface area contributed by atoms with Crippen molar-refractivity contribution in [1.29, 1.82) is 0 Å². The Morgan fingerprint density at radius 3 is 2.51 bits per heavy atom. The minimum Gasteiger partial charge on any atom is -0.491 e. The van der Waals surface area contributed by atoms with Crippen molar-refractivity contribution in [3.05, 3.63) is 53.7 Å². The second-order valence-electron chi connectivity index (χ2n) is 11.7. The van der Waals surface area contributed by atoms with Gasteiger partial charge in [-0.1, -0.05) is 23.7 Å². The van der Waals surface area contributed by atoms with Gasteiger partial charge in [0.05, 0.1) is 24.2 Å². The molecule has 0 amide bonds. The molecule has 2 aliphatic rings. The highest BCUT2D eigenvalue weighted by atomic mass is 35.5. The molecule has 3 heterocycles. The first-order valence-electron chi connectivity index (χ1n) is 15.0. The molecule has 0 unspecified atom stereocenters. The van der Waals surface area contributed by atoms with Gasteiger partial charge in [0, 0.05) is 75.4 Å². The van der Waals surface area contributed by atoms with Crippen LogP contribution >= 0.6 is 18.7 Å². The van der Waals surface area contributed by atoms with Gasteiger partial charge in [0.2, 0.25) is 5.95 Å². The van der Waals surface area contributed by atoms with Gasteiger partial charge >= 0.3 is 0 Å². The fraction of sp³-hybridized carbons (Fsp3) is 0.484. The van der Waals surface area contributed by atoms with Crippen molar-refractivity contribution < 1.29 is 14.4 Å². The zero-order valence-corrected chi connectivity index (χ0v) is 26.9. The lowest BCUT2D eigenvalue weighted by molar-refractivity contribution is 0.0981. The summed E-state index contributed by atoms with van der Waals surface area (Å²) in [7, 11) is -0.326. The number of para-hydroxylation sites is 1. The average Bonchev–Trinajstić information content (AvgIpc) is 2.99. The largest absolute Gasteiger partial charge is 0.491 e. The number of piperazine rings is 1. The molecule has 0 radical (unpaired) electrons. The summed E-state index contributed by atoms with van der Waals surface area (Å²) >= 11 is 6.45. The molecule has 2 aliphatic heterocycles. The topological polar surface area (TPSA) is 106 Å². The van der Waals surface area contributed by atoms with Crippen LogP contribution in [0.4, 0.5) is 28.8 Å². The molecule has 0 spiro atoms. The van der Waals surface area contributed by atoms with Crippen LogP contribution in [-0.2, 0) is 4.57 Å². The number of aromatic nitrogens is 2. The zero-order chi connectivity index (χ0) is 30.4. The van der Waals surface area contributed by atoms with Crippen LogP contribution in [0.2, 0.25) is 5.02 Å². The zero-order valence-electron chi connectivity index (χ0n) is 25.3. The molecule has 12 heteroatoms. The highest BCUT2D eigenvalue weighted by molar-refractivity contribution is 7.70. The maximum absolute atomic E-state index is 12.8. The summed E-state index contributed by atoms with van der Waals surface area (Å²) in [6, 6.07) is 14.1. The molecular formula is C31H43ClN7O3P. The third kappa shape index (κ3) is 8.19. The van der Waals surface area contributed by atoms with Crippen LogP contribution in [0.3, 0.4) is 0 Å². The van der Waals surface area contributed by atoms with Crippen molar-refractivity contribution in [2.75, 3.05) is 88.4 Å². The Bertz CT molecular complexity index is 1420. The van der Waals surface area contributed by atoms with E-state index in [4.69, 9.17) is 16.3 Å². The van der Waals surface area contributed by atoms with Crippen LogP contribution < -0.4 is 25.6 Å². The molecule has 0 saturated carbocycles. The quantitative estimate of drug-likeness (QED) is 0.202. The SMILES string of the molecule is CN1CCN(C2CCN(c3ccc(Nc4ncc(Cl)c(Nc5ccccc5P(C)(C)=O)n4)cc3OCCCO)CC2)CC1. The summed E-state index contributed by atoms with van der Waals surface area (Å²) in [5.41, 5.74) is 2.53. The molecule has 0 aliphatic carbocycles. The molecule has 0 bridgehead atoms. The molecule has 3 N–H and O–H groups in total. The standard InChI is InChI=1S/C31H43ClN7O3P/c1-37-15-17-38(18-16-37)24-11-13-39(14-12-24)27-10-9-23(21-28(27)42-20-6-19-40)34-31-33-22-25(32)30(36-31)35-26-7-4-5-8-29(26)43(2,3)41/h4-5,7-10,21-22,24,40H,6,11-20H2,1-3H3,(H2,33,34,35,36). The molecule has 232 valence electrons. The summed E-state index contributed by atoms with van der Waals surface area (Å²) < 4.78 is 19.0. The predicted octanol–water partition coefficient (Wildman–Crippen LogP) is 4.84. The van der Waals surface area contributed by atoms with Crippen molar-refractivity contribution in [2.24, 2.45) is 0 Å². The third-order valence-corrected chi connectivity index (χ3v) is 9.94. The number of anilines is 5. The number of nitrogens with one attached hydrogen (secondary N) is 2. The first kappa shape index (κ1) is 31.5. The van der Waals surface area contributed by atoms with Crippen molar-refractivity contribution >= 4 is 52.9 Å². The number of ether oxygens (including phenoxy) is 1. The van der Waals surface area contributed by atoms with Crippen LogP contribution in [0.25, 0.3) is 0 Å². The molecule has 0 atom stereocenters. The molecule has 2 aromatic carbocycles. The van der Waals surface area contributed by atoms with Gasteiger partial charge in [-0.05, 0) is 57.5 Å². The maximum atomic E-state index is 12.8. The first-order chi connectivity index (χ1) is 20.7. The van der Waals surface area contributed by atoms with Gasteiger partial charge in [-0.2, -0.15) is 4.98 Å². The van der Waals surface area contributed by atoms with Crippen LogP contribution in [0.5, 0.6) is 5.75 Å². The Morgan fingerprint density at radius 1 is 1.05 bits per heavy atom. The van der Waals surface area contributed by atoms with Gasteiger partial charge in [0.25, 0.3) is 0 Å². The number of aliphatic hydroxyl groups excluding tert-OH is 1. The second-order valence-corrected chi connectivity index (χ2v) is 15.3. The summed E-state index contributed by atoms with van der Waals surface area (Å²) in [6.07, 6.45) is 4.35. The highest BCUT2D eigenvalue weighted by Gasteiger charge is 2.28. The maximum Gasteiger partial charge on any atom is 0.229 e. The Morgan fingerprint density at radius 2 is 1.79 bits per heavy atom. The Hall–Kier alpha value is -2.88. The van der Waals surface area contributed by atoms with E-state index in [1.165, 1.54) is 6.20 Å². The summed E-state index contributed by atoms with van der Waals surface area (Å²) in [5, 5.41) is 16.9. The van der Waals surface area contributed by atoms with Gasteiger partial charge in [-0.15, -0.1) is 0 Å². The first-order valence-corrected chi connectivity index (χ1v) is 18.0. The van der Waals surface area contributed by atoms with Crippen LogP contribution in [0, 0.1) is 0 Å². The lowest BCUT2D eigenvalue weighted by atomic mass is 10.0. The van der Waals surface area contributed by atoms with Crippen molar-refractivity contribution in [1.82, 2.24) is 19.8 Å². The lowest BCUT2D eigenvalue weighted by Gasteiger charge is -2.42. The highest BCUT2D eigenvalue weighted by Crippen LogP contribution is 2.39. The summed E-state index contributed by atoms with van der Waals surface area (Å²) in [4.78, 5) is 16.5. The molecule has 2 saturated heterocycles. The van der Waals surface area contributed by atoms with E-state index in [0.29, 0.717) is 41.5 Å². The molecule has 2 fully saturated rings. The number of hydrogen-bond acceptors (Lipinski definition) is 10. The Labute approximate surface area is 259 Å². The number of rotatable bonds is 11. The van der Waals surface area contributed by atoms with Crippen molar-refractivity contribution in [2.45, 2.75) is 25.3 Å². The number of likely N-dealkylation sites (N-methyl/N-ethyl adjacent to an activating group) is 1. The molecular weight excluding hydrogens is 585 g/mol. The second kappa shape index (κ2) is 14.3. The minimum atomic E-state index is -2.52. The summed E-state index contributed by atoms with van der Waals surface area (Å²) in [6.45, 7) is 10.5. The average molecular weight is 628 g/mol. The fourth-order valence-electron chi connectivity index (χ4n) is 5.69. The van der Waals surface area contributed by atoms with Gasteiger partial charge in [-0.25, -0.2) is 4.98 Å². The molecule has 43 heavy (non-hydrogen) atoms. The Balaban J connectivity index is 1.31. The van der Waals surface area contributed by atoms with Crippen LogP contribution in [0.1, 0.15) is 19.3 Å². The lowest BCUT2D eigenvalue weighted by Crippen LogP contribution is -2.52. The van der Waals surface area contributed by atoms with Crippen molar-refractivity contribution in [3.8, 4) is 5.75 Å². The smallest absolute Gasteiger partial charge is 0.229 e. The molecule has 10 nitrogen and oxygen atoms in total. The number of aliphatic hydroxyl groups is 1.